The smallest absolute Gasteiger partial charge is 0.385 e. The van der Waals surface area contributed by atoms with Gasteiger partial charge in [-0.25, -0.2) is 14.5 Å². The number of halogens is 4. The van der Waals surface area contributed by atoms with Gasteiger partial charge in [-0.1, -0.05) is 11.6 Å². The zero-order valence-corrected chi connectivity index (χ0v) is 16.6. The zero-order valence-electron chi connectivity index (χ0n) is 15.9. The summed E-state index contributed by atoms with van der Waals surface area (Å²) in [6.45, 7) is 0.218. The second-order valence-corrected chi connectivity index (χ2v) is 7.06. The molecule has 0 radical (unpaired) electrons. The van der Waals surface area contributed by atoms with E-state index in [0.717, 1.165) is 9.25 Å². The third-order valence-electron chi connectivity index (χ3n) is 4.26. The van der Waals surface area contributed by atoms with Crippen molar-refractivity contribution in [3.05, 3.63) is 51.4 Å². The molecule has 0 aliphatic carbocycles. The van der Waals surface area contributed by atoms with E-state index in [-0.39, 0.29) is 24.0 Å². The summed E-state index contributed by atoms with van der Waals surface area (Å²) in [5, 5.41) is 27.8. The molecule has 1 aromatic carbocycles. The zero-order chi connectivity index (χ0) is 22.2. The van der Waals surface area contributed by atoms with E-state index in [1.807, 2.05) is 0 Å². The van der Waals surface area contributed by atoms with Crippen LogP contribution in [0.25, 0.3) is 11.4 Å². The number of rotatable bonds is 6. The van der Waals surface area contributed by atoms with Gasteiger partial charge in [0.25, 0.3) is 0 Å². The van der Waals surface area contributed by atoms with E-state index >= 15 is 0 Å². The molecule has 162 valence electrons. The summed E-state index contributed by atoms with van der Waals surface area (Å²) in [5.74, 6) is 0.314. The fraction of sp³-hybridized carbons (Fsp3) is 0.412. The molecule has 2 heterocycles. The highest BCUT2D eigenvalue weighted by atomic mass is 35.5. The molecule has 3 aromatic rings. The van der Waals surface area contributed by atoms with E-state index in [2.05, 4.69) is 15.2 Å². The molecule has 2 atom stereocenters. The molecule has 2 unspecified atom stereocenters. The van der Waals surface area contributed by atoms with E-state index in [1.54, 1.807) is 7.05 Å². The average Bonchev–Trinajstić information content (AvgIpc) is 3.16. The number of aromatic nitrogens is 6. The van der Waals surface area contributed by atoms with Gasteiger partial charge in [0.1, 0.15) is 12.6 Å². The largest absolute Gasteiger partial charge is 0.416 e. The van der Waals surface area contributed by atoms with Crippen molar-refractivity contribution >= 4 is 11.6 Å². The number of nitrogens with zero attached hydrogens (tertiary/aromatic N) is 6. The van der Waals surface area contributed by atoms with Gasteiger partial charge in [-0.3, -0.25) is 9.25 Å². The summed E-state index contributed by atoms with van der Waals surface area (Å²) >= 11 is 5.85. The number of aliphatic hydroxyl groups is 2. The van der Waals surface area contributed by atoms with Crippen LogP contribution in [0.1, 0.15) is 24.7 Å². The Kier molecular flexibility index (Phi) is 6.01. The van der Waals surface area contributed by atoms with Gasteiger partial charge in [0, 0.05) is 17.6 Å². The van der Waals surface area contributed by atoms with Gasteiger partial charge in [-0.15, -0.1) is 5.10 Å². The first-order valence-corrected chi connectivity index (χ1v) is 9.11. The van der Waals surface area contributed by atoms with E-state index in [1.165, 1.54) is 35.9 Å². The van der Waals surface area contributed by atoms with E-state index < -0.39 is 30.6 Å². The van der Waals surface area contributed by atoms with Crippen LogP contribution in [0.5, 0.6) is 0 Å². The van der Waals surface area contributed by atoms with Crippen LogP contribution in [0.3, 0.4) is 0 Å². The summed E-state index contributed by atoms with van der Waals surface area (Å²) in [6.07, 6.45) is -8.57. The third kappa shape index (κ3) is 4.55. The highest BCUT2D eigenvalue weighted by Gasteiger charge is 2.39. The summed E-state index contributed by atoms with van der Waals surface area (Å²) < 4.78 is 41.6. The molecule has 0 amide bonds. The first kappa shape index (κ1) is 22.0. The topological polar surface area (TPSA) is 111 Å². The second-order valence-electron chi connectivity index (χ2n) is 6.62. The molecule has 0 spiro atoms. The minimum absolute atomic E-state index is 0.0772. The Bertz CT molecular complexity index is 1090. The van der Waals surface area contributed by atoms with Gasteiger partial charge in [0.2, 0.25) is 0 Å². The van der Waals surface area contributed by atoms with Crippen molar-refractivity contribution in [2.45, 2.75) is 38.4 Å². The van der Waals surface area contributed by atoms with Crippen LogP contribution in [0.4, 0.5) is 13.2 Å². The van der Waals surface area contributed by atoms with Gasteiger partial charge in [0.15, 0.2) is 23.6 Å². The molecule has 2 N–H and O–H groups in total. The lowest BCUT2D eigenvalue weighted by Gasteiger charge is -2.15. The van der Waals surface area contributed by atoms with Crippen LogP contribution in [0, 0.1) is 0 Å². The highest BCUT2D eigenvalue weighted by molar-refractivity contribution is 6.30. The van der Waals surface area contributed by atoms with Crippen LogP contribution in [0.2, 0.25) is 5.02 Å². The monoisotopic (exact) mass is 446 g/mol. The number of hydrogen-bond acceptors (Lipinski definition) is 6. The van der Waals surface area contributed by atoms with Crippen LogP contribution >= 0.6 is 11.6 Å². The highest BCUT2D eigenvalue weighted by Crippen LogP contribution is 2.24. The predicted octanol–water partition coefficient (Wildman–Crippen LogP) is 1.52. The van der Waals surface area contributed by atoms with Crippen molar-refractivity contribution in [1.82, 2.24) is 29.1 Å². The SMILES string of the molecule is CC(O)c1nc(Cn2nc(-c3ccc(Cl)cc3)n(CC(O)C(F)(F)F)c2=O)nn1C. The van der Waals surface area contributed by atoms with E-state index in [9.17, 15) is 28.2 Å². The molecular formula is C17H18ClF3N6O3. The van der Waals surface area contributed by atoms with Crippen LogP contribution < -0.4 is 5.69 Å². The quantitative estimate of drug-likeness (QED) is 0.594. The van der Waals surface area contributed by atoms with Crippen LogP contribution in [-0.2, 0) is 20.1 Å². The van der Waals surface area contributed by atoms with Crippen LogP contribution in [0.15, 0.2) is 29.1 Å². The summed E-state index contributed by atoms with van der Waals surface area (Å²) in [7, 11) is 1.55. The molecule has 0 saturated carbocycles. The van der Waals surface area contributed by atoms with Crippen molar-refractivity contribution in [2.75, 3.05) is 0 Å². The van der Waals surface area contributed by atoms with Gasteiger partial charge < -0.3 is 10.2 Å². The molecule has 0 aliphatic rings. The second kappa shape index (κ2) is 8.20. The van der Waals surface area contributed by atoms with Gasteiger partial charge in [0.05, 0.1) is 6.54 Å². The Morgan fingerprint density at radius 2 is 1.80 bits per heavy atom. The van der Waals surface area contributed by atoms with Crippen molar-refractivity contribution < 1.29 is 23.4 Å². The maximum Gasteiger partial charge on any atom is 0.416 e. The van der Waals surface area contributed by atoms with Crippen molar-refractivity contribution in [1.29, 1.82) is 0 Å². The van der Waals surface area contributed by atoms with E-state index in [4.69, 9.17) is 11.6 Å². The Morgan fingerprint density at radius 3 is 2.33 bits per heavy atom. The minimum atomic E-state index is -4.91. The molecular weight excluding hydrogens is 429 g/mol. The fourth-order valence-electron chi connectivity index (χ4n) is 2.81. The summed E-state index contributed by atoms with van der Waals surface area (Å²) in [6, 6.07) is 5.99. The minimum Gasteiger partial charge on any atom is -0.385 e. The summed E-state index contributed by atoms with van der Waals surface area (Å²) in [5.41, 5.74) is -0.544. The molecule has 0 bridgehead atoms. The number of aliphatic hydroxyl groups excluding tert-OH is 2. The van der Waals surface area contributed by atoms with Crippen molar-refractivity contribution in [3.63, 3.8) is 0 Å². The van der Waals surface area contributed by atoms with Crippen LogP contribution in [-0.4, -0.2) is 51.6 Å². The lowest BCUT2D eigenvalue weighted by Crippen LogP contribution is -2.37. The number of hydrogen-bond donors (Lipinski definition) is 2. The molecule has 9 nitrogen and oxygen atoms in total. The van der Waals surface area contributed by atoms with Gasteiger partial charge >= 0.3 is 11.9 Å². The molecule has 2 aromatic heterocycles. The third-order valence-corrected chi connectivity index (χ3v) is 4.52. The molecule has 30 heavy (non-hydrogen) atoms. The van der Waals surface area contributed by atoms with Crippen molar-refractivity contribution in [3.8, 4) is 11.4 Å². The lowest BCUT2D eigenvalue weighted by molar-refractivity contribution is -0.207. The normalized spacial score (nSPS) is 14.1. The van der Waals surface area contributed by atoms with Crippen molar-refractivity contribution in [2.24, 2.45) is 7.05 Å². The molecule has 0 aliphatic heterocycles. The number of benzene rings is 1. The summed E-state index contributed by atoms with van der Waals surface area (Å²) in [4.78, 5) is 16.9. The molecule has 3 rings (SSSR count). The average molecular weight is 447 g/mol. The standard InChI is InChI=1S/C17H18ClF3N6O3/c1-9(28)14-22-13(23-25(14)2)8-27-16(30)26(7-12(29)17(19,20)21)15(24-27)10-3-5-11(18)6-4-10/h3-6,9,12,28-29H,7-8H2,1-2H3. The first-order chi connectivity index (χ1) is 14.0. The Morgan fingerprint density at radius 1 is 1.17 bits per heavy atom. The maximum absolute atomic E-state index is 12.9. The number of aryl methyl sites for hydroxylation is 1. The first-order valence-electron chi connectivity index (χ1n) is 8.73. The van der Waals surface area contributed by atoms with E-state index in [0.29, 0.717) is 10.6 Å². The Labute approximate surface area is 173 Å². The fourth-order valence-corrected chi connectivity index (χ4v) is 2.94. The maximum atomic E-state index is 12.9. The van der Waals surface area contributed by atoms with Gasteiger partial charge in [-0.2, -0.15) is 18.3 Å². The molecule has 0 fully saturated rings. The number of alkyl halides is 3. The lowest BCUT2D eigenvalue weighted by atomic mass is 10.2. The molecule has 0 saturated heterocycles. The Balaban J connectivity index is 2.04. The molecule has 13 heteroatoms. The predicted molar refractivity (Wildman–Crippen MR) is 99.7 cm³/mol. The van der Waals surface area contributed by atoms with Gasteiger partial charge in [-0.05, 0) is 31.2 Å². The Hall–Kier alpha value is -2.70.